The van der Waals surface area contributed by atoms with Crippen LogP contribution >= 0.6 is 0 Å². The normalized spacial score (nSPS) is 28.5. The fourth-order valence-electron chi connectivity index (χ4n) is 3.34. The number of ether oxygens (including phenoxy) is 1. The Morgan fingerprint density at radius 2 is 1.94 bits per heavy atom. The summed E-state index contributed by atoms with van der Waals surface area (Å²) in [6, 6.07) is 0. The van der Waals surface area contributed by atoms with E-state index in [1.165, 1.54) is 45.1 Å². The topological polar surface area (TPSA) is 21.3 Å². The van der Waals surface area contributed by atoms with Crippen LogP contribution in [0.2, 0.25) is 0 Å². The summed E-state index contributed by atoms with van der Waals surface area (Å²) in [7, 11) is 0. The van der Waals surface area contributed by atoms with E-state index in [4.69, 9.17) is 4.74 Å². The van der Waals surface area contributed by atoms with Crippen molar-refractivity contribution < 1.29 is 4.74 Å². The Labute approximate surface area is 114 Å². The Morgan fingerprint density at radius 1 is 1.11 bits per heavy atom. The van der Waals surface area contributed by atoms with Crippen LogP contribution in [-0.2, 0) is 4.74 Å². The Morgan fingerprint density at radius 3 is 2.61 bits per heavy atom. The number of rotatable bonds is 9. The highest BCUT2D eigenvalue weighted by atomic mass is 16.5. The van der Waals surface area contributed by atoms with Gasteiger partial charge in [-0.2, -0.15) is 0 Å². The van der Waals surface area contributed by atoms with Crippen LogP contribution in [0.5, 0.6) is 0 Å². The molecule has 0 amide bonds. The van der Waals surface area contributed by atoms with Crippen LogP contribution in [0.4, 0.5) is 0 Å². The van der Waals surface area contributed by atoms with E-state index < -0.39 is 0 Å². The molecule has 1 aliphatic carbocycles. The molecule has 1 saturated carbocycles. The fraction of sp³-hybridized carbons (Fsp3) is 1.00. The molecule has 1 fully saturated rings. The quantitative estimate of drug-likeness (QED) is 0.632. The summed E-state index contributed by atoms with van der Waals surface area (Å²) >= 11 is 0. The summed E-state index contributed by atoms with van der Waals surface area (Å²) in [4.78, 5) is 0. The van der Waals surface area contributed by atoms with Gasteiger partial charge in [0.2, 0.25) is 0 Å². The van der Waals surface area contributed by atoms with Crippen LogP contribution in [0, 0.1) is 17.8 Å². The van der Waals surface area contributed by atoms with Gasteiger partial charge in [0.15, 0.2) is 0 Å². The van der Waals surface area contributed by atoms with Gasteiger partial charge in [-0.3, -0.25) is 0 Å². The Hall–Kier alpha value is -0.0800. The zero-order chi connectivity index (χ0) is 13.2. The van der Waals surface area contributed by atoms with Gasteiger partial charge in [-0.15, -0.1) is 0 Å². The van der Waals surface area contributed by atoms with Crippen LogP contribution in [0.1, 0.15) is 59.3 Å². The van der Waals surface area contributed by atoms with Gasteiger partial charge in [0.25, 0.3) is 0 Å². The van der Waals surface area contributed by atoms with Gasteiger partial charge in [-0.25, -0.2) is 0 Å². The highest BCUT2D eigenvalue weighted by Crippen LogP contribution is 2.37. The molecule has 0 radical (unpaired) electrons. The molecule has 0 spiro atoms. The third kappa shape index (κ3) is 5.71. The lowest BCUT2D eigenvalue weighted by Crippen LogP contribution is -2.33. The third-order valence-electron chi connectivity index (χ3n) is 4.55. The van der Waals surface area contributed by atoms with Crippen molar-refractivity contribution in [3.8, 4) is 0 Å². The van der Waals surface area contributed by atoms with Crippen LogP contribution < -0.4 is 5.32 Å². The van der Waals surface area contributed by atoms with E-state index in [0.717, 1.165) is 37.5 Å². The molecule has 108 valence electrons. The van der Waals surface area contributed by atoms with Gasteiger partial charge in [0.05, 0.1) is 0 Å². The second-order valence-electron chi connectivity index (χ2n) is 5.75. The van der Waals surface area contributed by atoms with Crippen molar-refractivity contribution in [1.82, 2.24) is 5.32 Å². The summed E-state index contributed by atoms with van der Waals surface area (Å²) in [5, 5.41) is 3.55. The Balaban J connectivity index is 2.33. The van der Waals surface area contributed by atoms with E-state index in [2.05, 4.69) is 26.1 Å². The van der Waals surface area contributed by atoms with Crippen molar-refractivity contribution in [1.29, 1.82) is 0 Å². The molecule has 3 atom stereocenters. The summed E-state index contributed by atoms with van der Waals surface area (Å²) in [6.45, 7) is 10.8. The van der Waals surface area contributed by atoms with Crippen LogP contribution in [-0.4, -0.2) is 26.3 Å². The minimum Gasteiger partial charge on any atom is -0.382 e. The molecule has 3 unspecified atom stereocenters. The SMILES string of the molecule is CCNCC1CCC(CC)CC1CCCOCC. The molecule has 1 rings (SSSR count). The average molecular weight is 255 g/mol. The highest BCUT2D eigenvalue weighted by molar-refractivity contribution is 4.81. The van der Waals surface area contributed by atoms with Crippen molar-refractivity contribution in [2.75, 3.05) is 26.3 Å². The zero-order valence-electron chi connectivity index (χ0n) is 12.7. The number of nitrogens with one attached hydrogen (secondary N) is 1. The van der Waals surface area contributed by atoms with E-state index in [1.807, 2.05) is 0 Å². The zero-order valence-corrected chi connectivity index (χ0v) is 12.7. The maximum Gasteiger partial charge on any atom is 0.0465 e. The molecular weight excluding hydrogens is 222 g/mol. The lowest BCUT2D eigenvalue weighted by Gasteiger charge is -2.36. The first-order chi connectivity index (χ1) is 8.81. The summed E-state index contributed by atoms with van der Waals surface area (Å²) in [6.07, 6.45) is 8.33. The van der Waals surface area contributed by atoms with Crippen molar-refractivity contribution in [2.45, 2.75) is 59.3 Å². The van der Waals surface area contributed by atoms with Gasteiger partial charge in [0, 0.05) is 13.2 Å². The maximum atomic E-state index is 5.48. The molecule has 0 aliphatic heterocycles. The van der Waals surface area contributed by atoms with Crippen LogP contribution in [0.3, 0.4) is 0 Å². The van der Waals surface area contributed by atoms with Crippen molar-refractivity contribution in [3.63, 3.8) is 0 Å². The maximum absolute atomic E-state index is 5.48. The lowest BCUT2D eigenvalue weighted by atomic mass is 9.71. The second-order valence-corrected chi connectivity index (χ2v) is 5.75. The molecule has 1 N–H and O–H groups in total. The monoisotopic (exact) mass is 255 g/mol. The predicted octanol–water partition coefficient (Wildman–Crippen LogP) is 3.86. The molecule has 0 saturated heterocycles. The van der Waals surface area contributed by atoms with E-state index >= 15 is 0 Å². The molecule has 2 nitrogen and oxygen atoms in total. The molecular formula is C16H33NO. The Kier molecular flexibility index (Phi) is 8.70. The minimum absolute atomic E-state index is 0.864. The molecule has 0 aromatic rings. The first kappa shape index (κ1) is 16.0. The van der Waals surface area contributed by atoms with Gasteiger partial charge in [-0.05, 0) is 63.5 Å². The number of hydrogen-bond acceptors (Lipinski definition) is 2. The van der Waals surface area contributed by atoms with E-state index in [-0.39, 0.29) is 0 Å². The molecule has 2 heteroatoms. The van der Waals surface area contributed by atoms with E-state index in [1.54, 1.807) is 0 Å². The third-order valence-corrected chi connectivity index (χ3v) is 4.55. The summed E-state index contributed by atoms with van der Waals surface area (Å²) < 4.78 is 5.48. The average Bonchev–Trinajstić information content (AvgIpc) is 2.42. The first-order valence-corrected chi connectivity index (χ1v) is 8.10. The van der Waals surface area contributed by atoms with E-state index in [0.29, 0.717) is 0 Å². The fourth-order valence-corrected chi connectivity index (χ4v) is 3.34. The van der Waals surface area contributed by atoms with E-state index in [9.17, 15) is 0 Å². The molecule has 1 aliphatic rings. The van der Waals surface area contributed by atoms with Gasteiger partial charge in [-0.1, -0.05) is 26.7 Å². The van der Waals surface area contributed by atoms with Gasteiger partial charge in [0.1, 0.15) is 0 Å². The second kappa shape index (κ2) is 9.80. The molecule has 0 aromatic heterocycles. The Bertz CT molecular complexity index is 196. The summed E-state index contributed by atoms with van der Waals surface area (Å²) in [5.41, 5.74) is 0. The van der Waals surface area contributed by atoms with Gasteiger partial charge < -0.3 is 10.1 Å². The van der Waals surface area contributed by atoms with Crippen LogP contribution in [0.15, 0.2) is 0 Å². The smallest absolute Gasteiger partial charge is 0.0465 e. The van der Waals surface area contributed by atoms with Crippen LogP contribution in [0.25, 0.3) is 0 Å². The molecule has 0 aromatic carbocycles. The first-order valence-electron chi connectivity index (χ1n) is 8.10. The predicted molar refractivity (Wildman–Crippen MR) is 78.9 cm³/mol. The van der Waals surface area contributed by atoms with Crippen molar-refractivity contribution >= 4 is 0 Å². The van der Waals surface area contributed by atoms with Gasteiger partial charge >= 0.3 is 0 Å². The number of hydrogen-bond donors (Lipinski definition) is 1. The minimum atomic E-state index is 0.864. The largest absolute Gasteiger partial charge is 0.382 e. The van der Waals surface area contributed by atoms with Crippen molar-refractivity contribution in [3.05, 3.63) is 0 Å². The molecule has 0 heterocycles. The summed E-state index contributed by atoms with van der Waals surface area (Å²) in [5.74, 6) is 2.83. The van der Waals surface area contributed by atoms with Crippen molar-refractivity contribution in [2.24, 2.45) is 17.8 Å². The standard InChI is InChI=1S/C16H33NO/c1-4-14-9-10-16(13-17-5-2)15(12-14)8-7-11-18-6-3/h14-17H,4-13H2,1-3H3. The molecule has 0 bridgehead atoms. The lowest BCUT2D eigenvalue weighted by molar-refractivity contribution is 0.117. The highest BCUT2D eigenvalue weighted by Gasteiger charge is 2.28. The molecule has 18 heavy (non-hydrogen) atoms.